The molecule has 0 saturated heterocycles. The molecule has 0 saturated carbocycles. The molecule has 0 radical (unpaired) electrons. The van der Waals surface area contributed by atoms with Gasteiger partial charge in [0, 0.05) is 35.0 Å². The van der Waals surface area contributed by atoms with Crippen molar-refractivity contribution in [3.63, 3.8) is 0 Å². The summed E-state index contributed by atoms with van der Waals surface area (Å²) in [5, 5.41) is 10.7. The van der Waals surface area contributed by atoms with Crippen molar-refractivity contribution in [2.45, 2.75) is 0 Å². The summed E-state index contributed by atoms with van der Waals surface area (Å²) in [5.74, 6) is 6.29. The number of nitro benzene ring substituents is 1. The molecule has 0 aliphatic rings. The van der Waals surface area contributed by atoms with E-state index in [1.54, 1.807) is 18.3 Å². The molecule has 4 nitrogen and oxygen atoms in total. The molecule has 120 valence electrons. The lowest BCUT2D eigenvalue weighted by Gasteiger charge is -1.98. The predicted octanol–water partition coefficient (Wildman–Crippen LogP) is 4.75. The number of rotatable bonds is 3. The molecule has 4 heteroatoms. The standard InChI is InChI=1S/C21H14N2O2/c24-23(25)21-14-12-20(13-15-21)22-16-19-9-5-4-8-18(19)11-10-17-6-2-1-3-7-17/h1-9,12-16H. The second kappa shape index (κ2) is 7.71. The van der Waals surface area contributed by atoms with Crippen LogP contribution in [0.5, 0.6) is 0 Å². The highest BCUT2D eigenvalue weighted by Gasteiger charge is 2.03. The van der Waals surface area contributed by atoms with Crippen LogP contribution >= 0.6 is 0 Å². The maximum atomic E-state index is 10.7. The topological polar surface area (TPSA) is 55.5 Å². The van der Waals surface area contributed by atoms with E-state index in [0.29, 0.717) is 5.69 Å². The zero-order chi connectivity index (χ0) is 17.5. The van der Waals surface area contributed by atoms with E-state index in [4.69, 9.17) is 0 Å². The molecular formula is C21H14N2O2. The van der Waals surface area contributed by atoms with Gasteiger partial charge in [0.1, 0.15) is 0 Å². The van der Waals surface area contributed by atoms with Crippen LogP contribution in [-0.4, -0.2) is 11.1 Å². The van der Waals surface area contributed by atoms with Crippen LogP contribution in [0, 0.1) is 22.0 Å². The summed E-state index contributed by atoms with van der Waals surface area (Å²) in [4.78, 5) is 14.6. The van der Waals surface area contributed by atoms with Crippen molar-refractivity contribution >= 4 is 17.6 Å². The molecule has 3 aromatic carbocycles. The van der Waals surface area contributed by atoms with Crippen molar-refractivity contribution in [1.82, 2.24) is 0 Å². The van der Waals surface area contributed by atoms with Crippen molar-refractivity contribution in [2.75, 3.05) is 0 Å². The van der Waals surface area contributed by atoms with Gasteiger partial charge in [0.15, 0.2) is 0 Å². The predicted molar refractivity (Wildman–Crippen MR) is 99.2 cm³/mol. The molecule has 0 aromatic heterocycles. The van der Waals surface area contributed by atoms with Crippen LogP contribution in [0.15, 0.2) is 83.9 Å². The van der Waals surface area contributed by atoms with Gasteiger partial charge < -0.3 is 0 Å². The summed E-state index contributed by atoms with van der Waals surface area (Å²) in [6.07, 6.45) is 1.72. The zero-order valence-electron chi connectivity index (χ0n) is 13.3. The fourth-order valence-electron chi connectivity index (χ4n) is 2.19. The summed E-state index contributed by atoms with van der Waals surface area (Å²) in [6.45, 7) is 0. The van der Waals surface area contributed by atoms with E-state index in [0.717, 1.165) is 16.7 Å². The molecule has 0 unspecified atom stereocenters. The average Bonchev–Trinajstić information content (AvgIpc) is 2.66. The van der Waals surface area contributed by atoms with Gasteiger partial charge in [0.2, 0.25) is 0 Å². The maximum Gasteiger partial charge on any atom is 0.269 e. The lowest BCUT2D eigenvalue weighted by molar-refractivity contribution is -0.384. The molecule has 3 aromatic rings. The fourth-order valence-corrected chi connectivity index (χ4v) is 2.19. The van der Waals surface area contributed by atoms with Crippen molar-refractivity contribution < 1.29 is 4.92 Å². The Morgan fingerprint density at radius 3 is 2.24 bits per heavy atom. The molecule has 0 fully saturated rings. The third-order valence-electron chi connectivity index (χ3n) is 3.49. The number of nitro groups is 1. The molecule has 0 N–H and O–H groups in total. The number of aliphatic imine (C=N–C) groups is 1. The first-order valence-electron chi connectivity index (χ1n) is 7.67. The van der Waals surface area contributed by atoms with Crippen molar-refractivity contribution in [3.8, 4) is 11.8 Å². The normalized spacial score (nSPS) is 10.2. The fraction of sp³-hybridized carbons (Fsp3) is 0. The van der Waals surface area contributed by atoms with Crippen LogP contribution in [-0.2, 0) is 0 Å². The van der Waals surface area contributed by atoms with E-state index in [1.165, 1.54) is 12.1 Å². The monoisotopic (exact) mass is 326 g/mol. The Kier molecular flexibility index (Phi) is 4.98. The molecule has 0 atom stereocenters. The van der Waals surface area contributed by atoms with Crippen LogP contribution in [0.4, 0.5) is 11.4 Å². The maximum absolute atomic E-state index is 10.7. The largest absolute Gasteiger partial charge is 0.269 e. The first kappa shape index (κ1) is 16.2. The lowest BCUT2D eigenvalue weighted by atomic mass is 10.1. The highest BCUT2D eigenvalue weighted by molar-refractivity contribution is 5.85. The van der Waals surface area contributed by atoms with Gasteiger partial charge in [-0.3, -0.25) is 15.1 Å². The highest BCUT2D eigenvalue weighted by atomic mass is 16.6. The van der Waals surface area contributed by atoms with Gasteiger partial charge in [-0.15, -0.1) is 0 Å². The Hall–Kier alpha value is -3.71. The van der Waals surface area contributed by atoms with Crippen molar-refractivity contribution in [1.29, 1.82) is 0 Å². The molecule has 0 bridgehead atoms. The molecule has 0 spiro atoms. The number of benzene rings is 3. The number of non-ortho nitro benzene ring substituents is 1. The second-order valence-electron chi connectivity index (χ2n) is 5.23. The summed E-state index contributed by atoms with van der Waals surface area (Å²) in [6, 6.07) is 23.6. The first-order chi connectivity index (χ1) is 12.2. The molecule has 0 heterocycles. The van der Waals surface area contributed by atoms with Gasteiger partial charge >= 0.3 is 0 Å². The third-order valence-corrected chi connectivity index (χ3v) is 3.49. The van der Waals surface area contributed by atoms with E-state index >= 15 is 0 Å². The van der Waals surface area contributed by atoms with Gasteiger partial charge in [-0.1, -0.05) is 48.2 Å². The number of hydrogen-bond donors (Lipinski definition) is 0. The molecule has 25 heavy (non-hydrogen) atoms. The van der Waals surface area contributed by atoms with Crippen molar-refractivity contribution in [2.24, 2.45) is 4.99 Å². The number of nitrogens with zero attached hydrogens (tertiary/aromatic N) is 2. The van der Waals surface area contributed by atoms with Crippen molar-refractivity contribution in [3.05, 3.63) is 106 Å². The second-order valence-corrected chi connectivity index (χ2v) is 5.23. The zero-order valence-corrected chi connectivity index (χ0v) is 13.3. The van der Waals surface area contributed by atoms with Crippen LogP contribution in [0.25, 0.3) is 0 Å². The van der Waals surface area contributed by atoms with Crippen LogP contribution in [0.2, 0.25) is 0 Å². The Labute approximate surface area is 145 Å². The van der Waals surface area contributed by atoms with Gasteiger partial charge in [-0.05, 0) is 30.3 Å². The molecular weight excluding hydrogens is 312 g/mol. The van der Waals surface area contributed by atoms with Crippen LogP contribution in [0.3, 0.4) is 0 Å². The van der Waals surface area contributed by atoms with E-state index < -0.39 is 4.92 Å². The SMILES string of the molecule is O=[N+]([O-])c1ccc(N=Cc2ccccc2C#Cc2ccccc2)cc1. The van der Waals surface area contributed by atoms with Crippen LogP contribution in [0.1, 0.15) is 16.7 Å². The minimum Gasteiger partial charge on any atom is -0.258 e. The van der Waals surface area contributed by atoms with E-state index in [-0.39, 0.29) is 5.69 Å². The van der Waals surface area contributed by atoms with E-state index in [9.17, 15) is 10.1 Å². The van der Waals surface area contributed by atoms with Gasteiger partial charge in [-0.25, -0.2) is 0 Å². The minimum atomic E-state index is -0.429. The van der Waals surface area contributed by atoms with Gasteiger partial charge in [0.25, 0.3) is 5.69 Å². The van der Waals surface area contributed by atoms with Gasteiger partial charge in [-0.2, -0.15) is 0 Å². The Balaban J connectivity index is 1.84. The summed E-state index contributed by atoms with van der Waals surface area (Å²) in [7, 11) is 0. The quantitative estimate of drug-likeness (QED) is 0.302. The Bertz CT molecular complexity index is 966. The van der Waals surface area contributed by atoms with Crippen LogP contribution < -0.4 is 0 Å². The Morgan fingerprint density at radius 1 is 0.840 bits per heavy atom. The van der Waals surface area contributed by atoms with E-state index in [2.05, 4.69) is 16.8 Å². The number of hydrogen-bond acceptors (Lipinski definition) is 3. The van der Waals surface area contributed by atoms with E-state index in [1.807, 2.05) is 54.6 Å². The third kappa shape index (κ3) is 4.40. The molecule has 0 aliphatic carbocycles. The Morgan fingerprint density at radius 2 is 1.52 bits per heavy atom. The minimum absolute atomic E-state index is 0.0491. The first-order valence-corrected chi connectivity index (χ1v) is 7.67. The molecule has 3 rings (SSSR count). The summed E-state index contributed by atoms with van der Waals surface area (Å²) < 4.78 is 0. The molecule has 0 amide bonds. The summed E-state index contributed by atoms with van der Waals surface area (Å²) in [5.41, 5.74) is 3.41. The smallest absolute Gasteiger partial charge is 0.258 e. The highest BCUT2D eigenvalue weighted by Crippen LogP contribution is 2.18. The average molecular weight is 326 g/mol. The molecule has 0 aliphatic heterocycles. The lowest BCUT2D eigenvalue weighted by Crippen LogP contribution is -1.88. The summed E-state index contributed by atoms with van der Waals surface area (Å²) >= 11 is 0. The van der Waals surface area contributed by atoms with Gasteiger partial charge in [0.05, 0.1) is 10.6 Å².